The van der Waals surface area contributed by atoms with Crippen LogP contribution in [0.25, 0.3) is 0 Å². The highest BCUT2D eigenvalue weighted by Crippen LogP contribution is 2.48. The van der Waals surface area contributed by atoms with Crippen LogP contribution in [0.1, 0.15) is 47.3 Å². The van der Waals surface area contributed by atoms with Gasteiger partial charge in [0.15, 0.2) is 9.84 Å². The highest BCUT2D eigenvalue weighted by atomic mass is 32.2. The number of halogens is 4. The van der Waals surface area contributed by atoms with E-state index in [0.717, 1.165) is 12.3 Å². The lowest BCUT2D eigenvalue weighted by Crippen LogP contribution is -2.50. The molecule has 0 spiro atoms. The molecule has 2 aliphatic rings. The third-order valence-corrected chi connectivity index (χ3v) is 7.70. The normalized spacial score (nSPS) is 23.1. The first-order valence-electron chi connectivity index (χ1n) is 11.2. The lowest BCUT2D eigenvalue weighted by molar-refractivity contribution is -0.137. The van der Waals surface area contributed by atoms with Gasteiger partial charge < -0.3 is 15.3 Å². The Morgan fingerprint density at radius 2 is 1.83 bits per heavy atom. The van der Waals surface area contributed by atoms with Crippen LogP contribution in [0, 0.1) is 11.7 Å². The minimum atomic E-state index is -4.76. The molecule has 2 aromatic carbocycles. The van der Waals surface area contributed by atoms with Crippen molar-refractivity contribution >= 4 is 21.7 Å². The Morgan fingerprint density at radius 1 is 1.14 bits per heavy atom. The van der Waals surface area contributed by atoms with Crippen LogP contribution in [0.2, 0.25) is 0 Å². The molecule has 4 rings (SSSR count). The summed E-state index contributed by atoms with van der Waals surface area (Å²) in [6.07, 6.45) is -4.11. The molecule has 0 aromatic heterocycles. The maximum atomic E-state index is 14.6. The van der Waals surface area contributed by atoms with Crippen molar-refractivity contribution in [2.75, 3.05) is 6.26 Å². The first kappa shape index (κ1) is 26.1. The van der Waals surface area contributed by atoms with Crippen molar-refractivity contribution in [1.82, 2.24) is 10.2 Å². The number of piperidine rings is 1. The molecule has 2 N–H and O–H groups in total. The monoisotopic (exact) mass is 528 g/mol. The van der Waals surface area contributed by atoms with Crippen molar-refractivity contribution < 1.29 is 40.7 Å². The molecule has 194 valence electrons. The fraction of sp³-hybridized carbons (Fsp3) is 0.417. The Labute approximate surface area is 205 Å². The topological polar surface area (TPSA) is 104 Å². The molecule has 0 radical (unpaired) electrons. The number of carbonyl (C=O) groups excluding carboxylic acids is 2. The molecule has 2 unspecified atom stereocenters. The van der Waals surface area contributed by atoms with E-state index in [2.05, 4.69) is 5.32 Å². The largest absolute Gasteiger partial charge is 0.416 e. The molecular formula is C24H24F4N2O5S. The molecule has 5 atom stereocenters. The van der Waals surface area contributed by atoms with Gasteiger partial charge in [0.05, 0.1) is 22.6 Å². The fourth-order valence-electron chi connectivity index (χ4n) is 4.65. The molecule has 1 aliphatic carbocycles. The predicted molar refractivity (Wildman–Crippen MR) is 120 cm³/mol. The maximum absolute atomic E-state index is 14.6. The van der Waals surface area contributed by atoms with Gasteiger partial charge >= 0.3 is 6.18 Å². The molecule has 1 heterocycles. The molecule has 2 amide bonds. The summed E-state index contributed by atoms with van der Waals surface area (Å²) in [6, 6.07) is 4.73. The van der Waals surface area contributed by atoms with Gasteiger partial charge in [-0.2, -0.15) is 13.2 Å². The van der Waals surface area contributed by atoms with Crippen LogP contribution in [0.15, 0.2) is 47.4 Å². The van der Waals surface area contributed by atoms with Crippen LogP contribution in [0.4, 0.5) is 17.6 Å². The standard InChI is InChI=1S/C24H24F4N2O5S/c1-12(31)21(17-7-6-15(11-18(17)25)24(26,27)28)29-22(32)20-10-14-9-19(14)30(20)23(33)13-4-3-5-16(8-13)36(2,34)35/h3-8,11-12,14,19-21,31H,9-10H2,1-2H3,(H,29,32)/t12?,14-,19-,20-,21?/m1/s1. The van der Waals surface area contributed by atoms with Gasteiger partial charge in [-0.1, -0.05) is 12.1 Å². The SMILES string of the molecule is CC(O)C(NC(=O)[C@H]1C[C@H]2C[C@H]2N1C(=O)c1cccc(S(C)(=O)=O)c1)c1ccc(C(F)(F)F)cc1F. The van der Waals surface area contributed by atoms with Crippen molar-refractivity contribution in [2.24, 2.45) is 5.92 Å². The number of nitrogens with zero attached hydrogens (tertiary/aromatic N) is 1. The Balaban J connectivity index is 1.58. The molecule has 1 saturated heterocycles. The number of amides is 2. The second-order valence-electron chi connectivity index (χ2n) is 9.29. The summed E-state index contributed by atoms with van der Waals surface area (Å²) in [5, 5.41) is 12.7. The first-order chi connectivity index (χ1) is 16.7. The summed E-state index contributed by atoms with van der Waals surface area (Å²) in [4.78, 5) is 27.8. The van der Waals surface area contributed by atoms with E-state index in [-0.39, 0.29) is 28.0 Å². The molecule has 1 aliphatic heterocycles. The van der Waals surface area contributed by atoms with Crippen molar-refractivity contribution in [3.63, 3.8) is 0 Å². The van der Waals surface area contributed by atoms with E-state index in [1.807, 2.05) is 0 Å². The highest BCUT2D eigenvalue weighted by molar-refractivity contribution is 7.90. The van der Waals surface area contributed by atoms with Crippen LogP contribution in [-0.4, -0.2) is 54.7 Å². The van der Waals surface area contributed by atoms with Crippen LogP contribution < -0.4 is 5.32 Å². The third-order valence-electron chi connectivity index (χ3n) is 6.59. The average Bonchev–Trinajstić information content (AvgIpc) is 3.45. The van der Waals surface area contributed by atoms with Crippen LogP contribution in [-0.2, 0) is 20.8 Å². The summed E-state index contributed by atoms with van der Waals surface area (Å²) >= 11 is 0. The molecule has 1 saturated carbocycles. The number of sulfone groups is 1. The number of hydrogen-bond acceptors (Lipinski definition) is 5. The number of hydrogen-bond donors (Lipinski definition) is 2. The maximum Gasteiger partial charge on any atom is 0.416 e. The molecule has 2 fully saturated rings. The number of rotatable bonds is 6. The lowest BCUT2D eigenvalue weighted by Gasteiger charge is -2.30. The number of alkyl halides is 3. The van der Waals surface area contributed by atoms with E-state index in [4.69, 9.17) is 0 Å². The van der Waals surface area contributed by atoms with Gasteiger partial charge in [0.25, 0.3) is 5.91 Å². The van der Waals surface area contributed by atoms with Gasteiger partial charge in [0.1, 0.15) is 11.9 Å². The number of carbonyl (C=O) groups is 2. The van der Waals surface area contributed by atoms with E-state index >= 15 is 0 Å². The Hall–Kier alpha value is -2.99. The zero-order chi connectivity index (χ0) is 26.6. The molecular weight excluding hydrogens is 504 g/mol. The molecule has 12 heteroatoms. The summed E-state index contributed by atoms with van der Waals surface area (Å²) < 4.78 is 77.1. The fourth-order valence-corrected chi connectivity index (χ4v) is 5.32. The van der Waals surface area contributed by atoms with E-state index < -0.39 is 57.4 Å². The summed E-state index contributed by atoms with van der Waals surface area (Å²) in [6.45, 7) is 1.26. The zero-order valence-electron chi connectivity index (χ0n) is 19.3. The number of fused-ring (bicyclic) bond motifs is 1. The first-order valence-corrected chi connectivity index (χ1v) is 13.1. The van der Waals surface area contributed by atoms with Gasteiger partial charge in [0.2, 0.25) is 5.91 Å². The summed E-state index contributed by atoms with van der Waals surface area (Å²) in [5.74, 6) is -2.41. The lowest BCUT2D eigenvalue weighted by atomic mass is 9.99. The number of aliphatic hydroxyl groups is 1. The highest BCUT2D eigenvalue weighted by Gasteiger charge is 2.56. The van der Waals surface area contributed by atoms with E-state index in [1.54, 1.807) is 0 Å². The second kappa shape index (κ2) is 9.15. The average molecular weight is 529 g/mol. The van der Waals surface area contributed by atoms with Crippen molar-refractivity contribution in [2.45, 2.75) is 55.1 Å². The van der Waals surface area contributed by atoms with Gasteiger partial charge in [-0.05, 0) is 56.0 Å². The van der Waals surface area contributed by atoms with Crippen LogP contribution in [0.3, 0.4) is 0 Å². The van der Waals surface area contributed by atoms with E-state index in [9.17, 15) is 40.7 Å². The van der Waals surface area contributed by atoms with Crippen molar-refractivity contribution in [3.8, 4) is 0 Å². The van der Waals surface area contributed by atoms with Gasteiger partial charge in [0, 0.05) is 23.4 Å². The van der Waals surface area contributed by atoms with Gasteiger partial charge in [-0.3, -0.25) is 9.59 Å². The molecule has 0 bridgehead atoms. The van der Waals surface area contributed by atoms with E-state index in [0.29, 0.717) is 25.0 Å². The quantitative estimate of drug-likeness (QED) is 0.561. The Kier molecular flexibility index (Phi) is 6.63. The number of aliphatic hydroxyl groups excluding tert-OH is 1. The van der Waals surface area contributed by atoms with Crippen LogP contribution in [0.5, 0.6) is 0 Å². The van der Waals surface area contributed by atoms with Crippen molar-refractivity contribution in [1.29, 1.82) is 0 Å². The Morgan fingerprint density at radius 3 is 2.42 bits per heavy atom. The van der Waals surface area contributed by atoms with Crippen LogP contribution >= 0.6 is 0 Å². The Bertz CT molecular complexity index is 1310. The summed E-state index contributed by atoms with van der Waals surface area (Å²) in [5.41, 5.74) is -1.44. The smallest absolute Gasteiger partial charge is 0.391 e. The van der Waals surface area contributed by atoms with E-state index in [1.165, 1.54) is 36.1 Å². The minimum Gasteiger partial charge on any atom is -0.391 e. The molecule has 2 aromatic rings. The third kappa shape index (κ3) is 5.10. The molecule has 7 nitrogen and oxygen atoms in total. The minimum absolute atomic E-state index is 0.0483. The van der Waals surface area contributed by atoms with Crippen molar-refractivity contribution in [3.05, 3.63) is 65.0 Å². The number of benzene rings is 2. The predicted octanol–water partition coefficient (Wildman–Crippen LogP) is 3.09. The van der Waals surface area contributed by atoms with Gasteiger partial charge in [-0.25, -0.2) is 12.8 Å². The number of likely N-dealkylation sites (tertiary alicyclic amines) is 1. The molecule has 36 heavy (non-hydrogen) atoms. The zero-order valence-corrected chi connectivity index (χ0v) is 20.1. The number of nitrogens with one attached hydrogen (secondary N) is 1. The van der Waals surface area contributed by atoms with Gasteiger partial charge in [-0.15, -0.1) is 0 Å². The second-order valence-corrected chi connectivity index (χ2v) is 11.3. The summed E-state index contributed by atoms with van der Waals surface area (Å²) in [7, 11) is -3.57.